The van der Waals surface area contributed by atoms with Gasteiger partial charge in [0.15, 0.2) is 5.16 Å². The number of aryl methyl sites for hydroxylation is 1. The molecule has 0 fully saturated rings. The fourth-order valence-corrected chi connectivity index (χ4v) is 4.24. The first-order valence-electron chi connectivity index (χ1n) is 6.53. The van der Waals surface area contributed by atoms with Crippen LogP contribution in [0.2, 0.25) is 5.15 Å². The third-order valence-corrected chi connectivity index (χ3v) is 5.23. The van der Waals surface area contributed by atoms with E-state index in [1.54, 1.807) is 12.1 Å². The molecule has 118 valence electrons. The van der Waals surface area contributed by atoms with Gasteiger partial charge in [-0.25, -0.2) is 14.4 Å². The molecule has 0 saturated heterocycles. The van der Waals surface area contributed by atoms with Crippen LogP contribution in [0.1, 0.15) is 4.88 Å². The van der Waals surface area contributed by atoms with Gasteiger partial charge in [-0.15, -0.1) is 11.3 Å². The van der Waals surface area contributed by atoms with Crippen molar-refractivity contribution in [3.63, 3.8) is 0 Å². The van der Waals surface area contributed by atoms with Crippen LogP contribution >= 0.6 is 34.7 Å². The van der Waals surface area contributed by atoms with Gasteiger partial charge in [0, 0.05) is 10.4 Å². The summed E-state index contributed by atoms with van der Waals surface area (Å²) in [5.74, 6) is -1.37. The molecule has 0 saturated carbocycles. The first-order chi connectivity index (χ1) is 11.0. The highest BCUT2D eigenvalue weighted by Gasteiger charge is 2.18. The first-order valence-corrected chi connectivity index (χ1v) is 8.71. The van der Waals surface area contributed by atoms with Crippen LogP contribution in [0.4, 0.5) is 4.39 Å². The fourth-order valence-electron chi connectivity index (χ4n) is 2.21. The van der Waals surface area contributed by atoms with Gasteiger partial charge in [0.2, 0.25) is 0 Å². The van der Waals surface area contributed by atoms with E-state index in [-0.39, 0.29) is 16.7 Å². The molecule has 1 N–H and O–H groups in total. The van der Waals surface area contributed by atoms with Crippen LogP contribution in [0, 0.1) is 12.7 Å². The molecule has 2 aromatic heterocycles. The number of rotatable bonds is 4. The number of aliphatic carboxylic acids is 1. The largest absolute Gasteiger partial charge is 0.481 e. The minimum absolute atomic E-state index is 0.128. The number of thioether (sulfide) groups is 1. The van der Waals surface area contributed by atoms with Crippen LogP contribution in [-0.2, 0) is 4.79 Å². The Morgan fingerprint density at radius 1 is 1.35 bits per heavy atom. The quantitative estimate of drug-likeness (QED) is 0.413. The number of hydrogen-bond donors (Lipinski definition) is 1. The standard InChI is InChI=1S/C15H10ClFN2O2S2/c1-7-11(8-2-4-9(17)5-3-8)12-13(16)18-15(19-14(12)23-7)22-6-10(20)21/h2-5H,6H2,1H3,(H,20,21). The highest BCUT2D eigenvalue weighted by molar-refractivity contribution is 7.99. The SMILES string of the molecule is Cc1sc2nc(SCC(=O)O)nc(Cl)c2c1-c1ccc(F)cc1. The van der Waals surface area contributed by atoms with Gasteiger partial charge in [-0.1, -0.05) is 35.5 Å². The number of thiophene rings is 1. The second-order valence-electron chi connectivity index (χ2n) is 4.70. The Balaban J connectivity index is 2.11. The zero-order valence-electron chi connectivity index (χ0n) is 11.8. The van der Waals surface area contributed by atoms with Crippen LogP contribution in [0.5, 0.6) is 0 Å². The topological polar surface area (TPSA) is 63.1 Å². The third-order valence-electron chi connectivity index (χ3n) is 3.12. The predicted octanol–water partition coefficient (Wildman–Crippen LogP) is 4.64. The molecule has 0 unspecified atom stereocenters. The molecule has 0 spiro atoms. The second kappa shape index (κ2) is 6.43. The molecule has 0 atom stereocenters. The second-order valence-corrected chi connectivity index (χ2v) is 7.20. The number of aromatic nitrogens is 2. The van der Waals surface area contributed by atoms with Crippen molar-refractivity contribution in [1.82, 2.24) is 9.97 Å². The summed E-state index contributed by atoms with van der Waals surface area (Å²) in [6, 6.07) is 6.16. The average Bonchev–Trinajstić information content (AvgIpc) is 2.82. The van der Waals surface area contributed by atoms with Gasteiger partial charge >= 0.3 is 5.97 Å². The molecule has 4 nitrogen and oxygen atoms in total. The predicted molar refractivity (Wildman–Crippen MR) is 90.9 cm³/mol. The molecule has 0 amide bonds. The Labute approximate surface area is 144 Å². The Morgan fingerprint density at radius 3 is 2.70 bits per heavy atom. The number of carbonyl (C=O) groups is 1. The summed E-state index contributed by atoms with van der Waals surface area (Å²) in [5, 5.41) is 10.0. The smallest absolute Gasteiger partial charge is 0.313 e. The van der Waals surface area contributed by atoms with Crippen LogP contribution in [-0.4, -0.2) is 26.8 Å². The summed E-state index contributed by atoms with van der Waals surface area (Å²) >= 11 is 8.77. The molecule has 3 aromatic rings. The lowest BCUT2D eigenvalue weighted by Gasteiger charge is -2.04. The molecule has 0 aliphatic heterocycles. The maximum absolute atomic E-state index is 13.1. The van der Waals surface area contributed by atoms with Gasteiger partial charge < -0.3 is 5.11 Å². The van der Waals surface area contributed by atoms with E-state index in [4.69, 9.17) is 16.7 Å². The molecule has 0 radical (unpaired) electrons. The van der Waals surface area contributed by atoms with Crippen molar-refractivity contribution >= 4 is 50.9 Å². The summed E-state index contributed by atoms with van der Waals surface area (Å²) in [6.45, 7) is 1.94. The minimum Gasteiger partial charge on any atom is -0.481 e. The normalized spacial score (nSPS) is 11.1. The summed E-state index contributed by atoms with van der Waals surface area (Å²) in [5.41, 5.74) is 1.72. The van der Waals surface area contributed by atoms with E-state index >= 15 is 0 Å². The van der Waals surface area contributed by atoms with Crippen LogP contribution in [0.25, 0.3) is 21.3 Å². The number of nitrogens with zero attached hydrogens (tertiary/aromatic N) is 2. The van der Waals surface area contributed by atoms with Gasteiger partial charge in [-0.2, -0.15) is 0 Å². The van der Waals surface area contributed by atoms with Crippen molar-refractivity contribution in [1.29, 1.82) is 0 Å². The molecule has 0 aliphatic rings. The van der Waals surface area contributed by atoms with Gasteiger partial charge in [0.25, 0.3) is 0 Å². The molecule has 3 rings (SSSR count). The molecular formula is C15H10ClFN2O2S2. The Hall–Kier alpha value is -1.70. The lowest BCUT2D eigenvalue weighted by molar-refractivity contribution is -0.133. The average molecular weight is 369 g/mol. The van der Waals surface area contributed by atoms with Crippen LogP contribution in [0.15, 0.2) is 29.4 Å². The number of carboxylic acids is 1. The van der Waals surface area contributed by atoms with Gasteiger partial charge in [-0.3, -0.25) is 4.79 Å². The minimum atomic E-state index is -0.941. The first kappa shape index (κ1) is 16.2. The van der Waals surface area contributed by atoms with Crippen LogP contribution in [0.3, 0.4) is 0 Å². The monoisotopic (exact) mass is 368 g/mol. The van der Waals surface area contributed by atoms with Crippen molar-refractivity contribution < 1.29 is 14.3 Å². The summed E-state index contributed by atoms with van der Waals surface area (Å²) < 4.78 is 13.1. The third kappa shape index (κ3) is 3.31. The van der Waals surface area contributed by atoms with Crippen LogP contribution < -0.4 is 0 Å². The lowest BCUT2D eigenvalue weighted by atomic mass is 10.0. The van der Waals surface area contributed by atoms with E-state index < -0.39 is 5.97 Å². The van der Waals surface area contributed by atoms with Crippen molar-refractivity contribution in [2.24, 2.45) is 0 Å². The molecule has 8 heteroatoms. The van der Waals surface area contributed by atoms with E-state index in [1.807, 2.05) is 6.92 Å². The number of benzene rings is 1. The van der Waals surface area contributed by atoms with Gasteiger partial charge in [0.05, 0.1) is 11.1 Å². The maximum atomic E-state index is 13.1. The van der Waals surface area contributed by atoms with Crippen molar-refractivity contribution in [3.8, 4) is 11.1 Å². The van der Waals surface area contributed by atoms with Gasteiger partial charge in [-0.05, 0) is 24.6 Å². The van der Waals surface area contributed by atoms with Gasteiger partial charge in [0.1, 0.15) is 15.8 Å². The Kier molecular flexibility index (Phi) is 4.52. The molecular weight excluding hydrogens is 359 g/mol. The summed E-state index contributed by atoms with van der Waals surface area (Å²) in [7, 11) is 0. The Bertz CT molecular complexity index is 897. The van der Waals surface area contributed by atoms with Crippen molar-refractivity contribution in [2.45, 2.75) is 12.1 Å². The highest BCUT2D eigenvalue weighted by atomic mass is 35.5. The summed E-state index contributed by atoms with van der Waals surface area (Å²) in [4.78, 5) is 20.9. The van der Waals surface area contributed by atoms with E-state index in [9.17, 15) is 9.18 Å². The molecule has 23 heavy (non-hydrogen) atoms. The van der Waals surface area contributed by atoms with E-state index in [2.05, 4.69) is 9.97 Å². The molecule has 2 heterocycles. The molecule has 1 aromatic carbocycles. The number of carboxylic acid groups (broad SMARTS) is 1. The number of hydrogen-bond acceptors (Lipinski definition) is 5. The van der Waals surface area contributed by atoms with Crippen molar-refractivity contribution in [3.05, 3.63) is 40.1 Å². The number of fused-ring (bicyclic) bond motifs is 1. The summed E-state index contributed by atoms with van der Waals surface area (Å²) in [6.07, 6.45) is 0. The van der Waals surface area contributed by atoms with E-state index in [0.29, 0.717) is 15.4 Å². The zero-order chi connectivity index (χ0) is 16.6. The van der Waals surface area contributed by atoms with Crippen molar-refractivity contribution in [2.75, 3.05) is 5.75 Å². The molecule has 0 bridgehead atoms. The highest BCUT2D eigenvalue weighted by Crippen LogP contribution is 2.41. The molecule has 0 aliphatic carbocycles. The number of halogens is 2. The zero-order valence-corrected chi connectivity index (χ0v) is 14.2. The van der Waals surface area contributed by atoms with E-state index in [0.717, 1.165) is 27.8 Å². The van der Waals surface area contributed by atoms with E-state index in [1.165, 1.54) is 23.5 Å². The Morgan fingerprint density at radius 2 is 2.04 bits per heavy atom. The lowest BCUT2D eigenvalue weighted by Crippen LogP contribution is -1.99. The fraction of sp³-hybridized carbons (Fsp3) is 0.133. The maximum Gasteiger partial charge on any atom is 0.313 e.